The average Bonchev–Trinajstić information content (AvgIpc) is 2.35. The number of nitrogens with zero attached hydrogens (tertiary/aromatic N) is 2. The van der Waals surface area contributed by atoms with Gasteiger partial charge in [-0.25, -0.2) is 4.98 Å². The van der Waals surface area contributed by atoms with Gasteiger partial charge in [0.1, 0.15) is 11.5 Å². The Morgan fingerprint density at radius 1 is 1.44 bits per heavy atom. The van der Waals surface area contributed by atoms with Crippen molar-refractivity contribution >= 4 is 0 Å². The van der Waals surface area contributed by atoms with Gasteiger partial charge in [0.05, 0.1) is 0 Å². The van der Waals surface area contributed by atoms with Gasteiger partial charge in [0, 0.05) is 25.0 Å². The molecule has 1 aromatic carbocycles. The van der Waals surface area contributed by atoms with E-state index in [1.54, 1.807) is 22.9 Å². The molecule has 0 bridgehead atoms. The molecule has 0 aliphatic rings. The Morgan fingerprint density at radius 3 is 3.00 bits per heavy atom. The summed E-state index contributed by atoms with van der Waals surface area (Å²) in [5, 5.41) is 9.32. The van der Waals surface area contributed by atoms with E-state index in [2.05, 4.69) is 4.98 Å². The largest absolute Gasteiger partial charge is 0.508 e. The van der Waals surface area contributed by atoms with Crippen molar-refractivity contribution in [2.24, 2.45) is 0 Å². The van der Waals surface area contributed by atoms with E-state index in [0.29, 0.717) is 12.3 Å². The molecule has 5 heteroatoms. The zero-order valence-electron chi connectivity index (χ0n) is 10.0. The Bertz CT molecular complexity index is 593. The molecule has 0 unspecified atom stereocenters. The van der Waals surface area contributed by atoms with E-state index in [1.165, 1.54) is 18.3 Å². The van der Waals surface area contributed by atoms with E-state index in [4.69, 9.17) is 4.74 Å². The van der Waals surface area contributed by atoms with Gasteiger partial charge < -0.3 is 14.4 Å². The van der Waals surface area contributed by atoms with Crippen LogP contribution in [-0.4, -0.2) is 14.7 Å². The van der Waals surface area contributed by atoms with E-state index in [0.717, 1.165) is 6.42 Å². The average molecular weight is 246 g/mol. The minimum absolute atomic E-state index is 0.0107. The summed E-state index contributed by atoms with van der Waals surface area (Å²) in [5.74, 6) is 0.475. The number of rotatable bonds is 4. The Kier molecular flexibility index (Phi) is 3.62. The highest BCUT2D eigenvalue weighted by Gasteiger charge is 2.07. The highest BCUT2D eigenvalue weighted by atomic mass is 16.5. The maximum absolute atomic E-state index is 12.0. The maximum Gasteiger partial charge on any atom is 0.313 e. The fourth-order valence-electron chi connectivity index (χ4n) is 1.57. The molecular weight excluding hydrogens is 232 g/mol. The predicted octanol–water partition coefficient (Wildman–Crippen LogP) is 2.15. The van der Waals surface area contributed by atoms with Gasteiger partial charge in [0.15, 0.2) is 0 Å². The molecule has 0 atom stereocenters. The lowest BCUT2D eigenvalue weighted by atomic mass is 10.3. The molecule has 0 radical (unpaired) electrons. The second-order valence-electron chi connectivity index (χ2n) is 3.83. The number of aromatic nitrogens is 2. The fraction of sp³-hybridized carbons (Fsp3) is 0.231. The topological polar surface area (TPSA) is 64.3 Å². The third kappa shape index (κ3) is 2.68. The number of phenolic OH excluding ortho intramolecular Hbond substituents is 1. The van der Waals surface area contributed by atoms with Crippen molar-refractivity contribution in [3.8, 4) is 17.4 Å². The Labute approximate surface area is 104 Å². The van der Waals surface area contributed by atoms with E-state index in [1.807, 2.05) is 6.92 Å². The summed E-state index contributed by atoms with van der Waals surface area (Å²) in [4.78, 5) is 15.9. The molecular formula is C13H14N2O3. The van der Waals surface area contributed by atoms with Crippen molar-refractivity contribution in [3.63, 3.8) is 0 Å². The van der Waals surface area contributed by atoms with Gasteiger partial charge >= 0.3 is 5.56 Å². The lowest BCUT2D eigenvalue weighted by molar-refractivity contribution is 0.433. The number of aryl methyl sites for hydroxylation is 1. The van der Waals surface area contributed by atoms with Crippen LogP contribution in [0.15, 0.2) is 41.5 Å². The van der Waals surface area contributed by atoms with Crippen LogP contribution >= 0.6 is 0 Å². The normalized spacial score (nSPS) is 10.3. The van der Waals surface area contributed by atoms with E-state index >= 15 is 0 Å². The molecule has 0 aliphatic heterocycles. The zero-order valence-corrected chi connectivity index (χ0v) is 10.0. The summed E-state index contributed by atoms with van der Waals surface area (Å²) >= 11 is 0. The second kappa shape index (κ2) is 5.35. The molecule has 1 N–H and O–H groups in total. The molecule has 0 spiro atoms. The molecule has 0 amide bonds. The number of benzene rings is 1. The first-order valence-electron chi connectivity index (χ1n) is 5.73. The molecule has 18 heavy (non-hydrogen) atoms. The van der Waals surface area contributed by atoms with Crippen LogP contribution in [0.5, 0.6) is 17.4 Å². The van der Waals surface area contributed by atoms with E-state index in [-0.39, 0.29) is 17.2 Å². The van der Waals surface area contributed by atoms with Gasteiger partial charge in [0.25, 0.3) is 5.88 Å². The quantitative estimate of drug-likeness (QED) is 0.897. The molecule has 0 aliphatic carbocycles. The minimum Gasteiger partial charge on any atom is -0.508 e. The second-order valence-corrected chi connectivity index (χ2v) is 3.83. The zero-order chi connectivity index (χ0) is 13.0. The van der Waals surface area contributed by atoms with Crippen LogP contribution in [0.4, 0.5) is 0 Å². The first-order chi connectivity index (χ1) is 8.70. The molecule has 94 valence electrons. The summed E-state index contributed by atoms with van der Waals surface area (Å²) in [5.41, 5.74) is -0.275. The monoisotopic (exact) mass is 246 g/mol. The van der Waals surface area contributed by atoms with Crippen LogP contribution in [0, 0.1) is 0 Å². The van der Waals surface area contributed by atoms with Crippen molar-refractivity contribution in [1.82, 2.24) is 9.55 Å². The summed E-state index contributed by atoms with van der Waals surface area (Å²) in [6.07, 6.45) is 4.01. The number of hydrogen-bond acceptors (Lipinski definition) is 4. The highest BCUT2D eigenvalue weighted by molar-refractivity contribution is 5.33. The van der Waals surface area contributed by atoms with Crippen molar-refractivity contribution < 1.29 is 9.84 Å². The molecule has 2 rings (SSSR count). The van der Waals surface area contributed by atoms with Gasteiger partial charge in [-0.3, -0.25) is 4.79 Å². The number of hydrogen-bond donors (Lipinski definition) is 1. The van der Waals surface area contributed by atoms with Gasteiger partial charge in [-0.2, -0.15) is 0 Å². The summed E-state index contributed by atoms with van der Waals surface area (Å²) < 4.78 is 6.92. The first kappa shape index (κ1) is 12.2. The number of phenols is 1. The van der Waals surface area contributed by atoms with Gasteiger partial charge in [0.2, 0.25) is 0 Å². The van der Waals surface area contributed by atoms with Gasteiger partial charge in [-0.05, 0) is 18.6 Å². The maximum atomic E-state index is 12.0. The lowest BCUT2D eigenvalue weighted by Gasteiger charge is -2.07. The molecule has 0 fully saturated rings. The Hall–Kier alpha value is -2.30. The molecule has 0 saturated carbocycles. The third-order valence-electron chi connectivity index (χ3n) is 2.38. The van der Waals surface area contributed by atoms with Crippen LogP contribution in [0.1, 0.15) is 13.3 Å². The minimum atomic E-state index is -0.275. The van der Waals surface area contributed by atoms with E-state index < -0.39 is 0 Å². The van der Waals surface area contributed by atoms with Gasteiger partial charge in [-0.15, -0.1) is 0 Å². The first-order valence-corrected chi connectivity index (χ1v) is 5.73. The standard InChI is InChI=1S/C13H14N2O3/c1-2-7-15-8-6-14-12(13(15)17)18-11-5-3-4-10(16)9-11/h3-6,8-9,16H,2,7H2,1H3. The molecule has 1 heterocycles. The summed E-state index contributed by atoms with van der Waals surface area (Å²) in [7, 11) is 0. The van der Waals surface area contributed by atoms with Crippen molar-refractivity contribution in [1.29, 1.82) is 0 Å². The lowest BCUT2D eigenvalue weighted by Crippen LogP contribution is -2.21. The van der Waals surface area contributed by atoms with Crippen LogP contribution < -0.4 is 10.3 Å². The number of ether oxygens (including phenoxy) is 1. The molecule has 0 saturated heterocycles. The molecule has 2 aromatic rings. The Morgan fingerprint density at radius 2 is 2.28 bits per heavy atom. The summed E-state index contributed by atoms with van der Waals surface area (Å²) in [6, 6.07) is 6.25. The number of aromatic hydroxyl groups is 1. The highest BCUT2D eigenvalue weighted by Crippen LogP contribution is 2.21. The van der Waals surface area contributed by atoms with Crippen molar-refractivity contribution in [2.45, 2.75) is 19.9 Å². The predicted molar refractivity (Wildman–Crippen MR) is 67.0 cm³/mol. The Balaban J connectivity index is 2.29. The SMILES string of the molecule is CCCn1ccnc(Oc2cccc(O)c2)c1=O. The molecule has 5 nitrogen and oxygen atoms in total. The van der Waals surface area contributed by atoms with Crippen molar-refractivity contribution in [2.75, 3.05) is 0 Å². The van der Waals surface area contributed by atoms with Crippen LogP contribution in [0.3, 0.4) is 0 Å². The molecule has 1 aromatic heterocycles. The fourth-order valence-corrected chi connectivity index (χ4v) is 1.57. The third-order valence-corrected chi connectivity index (χ3v) is 2.38. The van der Waals surface area contributed by atoms with Gasteiger partial charge in [-0.1, -0.05) is 13.0 Å². The van der Waals surface area contributed by atoms with E-state index in [9.17, 15) is 9.90 Å². The van der Waals surface area contributed by atoms with Crippen LogP contribution in [0.25, 0.3) is 0 Å². The summed E-state index contributed by atoms with van der Waals surface area (Å²) in [6.45, 7) is 2.61. The smallest absolute Gasteiger partial charge is 0.313 e. The van der Waals surface area contributed by atoms with Crippen LogP contribution in [-0.2, 0) is 6.54 Å². The van der Waals surface area contributed by atoms with Crippen LogP contribution in [0.2, 0.25) is 0 Å². The van der Waals surface area contributed by atoms with Crippen molar-refractivity contribution in [3.05, 3.63) is 47.0 Å².